The van der Waals surface area contributed by atoms with Crippen molar-refractivity contribution >= 4 is 22.7 Å². The Labute approximate surface area is 61.6 Å². The maximum atomic E-state index is 5.58. The summed E-state index contributed by atoms with van der Waals surface area (Å²) in [6, 6.07) is 3.50. The molecule has 0 amide bonds. The minimum absolute atomic E-state index is 0.421. The molecule has 4 heteroatoms. The normalized spacial score (nSPS) is 10.5. The van der Waals surface area contributed by atoms with Crippen LogP contribution in [0.4, 0.5) is 0 Å². The summed E-state index contributed by atoms with van der Waals surface area (Å²) in [4.78, 5) is 3.87. The number of aromatic nitrogens is 2. The predicted molar refractivity (Wildman–Crippen MR) is 36.8 cm³/mol. The molecule has 0 aromatic carbocycles. The highest BCUT2D eigenvalue weighted by atomic mass is 35.5. The molecule has 0 fully saturated rings. The van der Waals surface area contributed by atoms with Crippen LogP contribution in [0.3, 0.4) is 0 Å². The predicted octanol–water partition coefficient (Wildman–Crippen LogP) is 1.88. The molecule has 10 heavy (non-hydrogen) atoms. The smallest absolute Gasteiger partial charge is 0.259 e. The lowest BCUT2D eigenvalue weighted by molar-refractivity contribution is 0.448. The molecular formula is C6H3ClN2O. The second-order valence-electron chi connectivity index (χ2n) is 1.85. The maximum absolute atomic E-state index is 5.58. The lowest BCUT2D eigenvalue weighted by Gasteiger charge is -1.84. The molecule has 0 radical (unpaired) electrons. The summed E-state index contributed by atoms with van der Waals surface area (Å²) in [5, 5.41) is 4.83. The van der Waals surface area contributed by atoms with Crippen molar-refractivity contribution in [2.45, 2.75) is 0 Å². The summed E-state index contributed by atoms with van der Waals surface area (Å²) >= 11 is 5.58. The van der Waals surface area contributed by atoms with E-state index in [2.05, 4.69) is 10.1 Å². The summed E-state index contributed by atoms with van der Waals surface area (Å²) < 4.78 is 4.75. The van der Waals surface area contributed by atoms with Crippen LogP contribution in [0.1, 0.15) is 0 Å². The fourth-order valence-electron chi connectivity index (χ4n) is 0.733. The molecule has 2 aromatic rings. The maximum Gasteiger partial charge on any atom is 0.259 e. The topological polar surface area (TPSA) is 38.9 Å². The van der Waals surface area contributed by atoms with Crippen LogP contribution in [0, 0.1) is 0 Å². The van der Waals surface area contributed by atoms with Crippen molar-refractivity contribution in [3.05, 3.63) is 23.5 Å². The number of fused-ring (bicyclic) bond motifs is 1. The largest absolute Gasteiger partial charge is 0.336 e. The first kappa shape index (κ1) is 5.68. The third-order valence-electron chi connectivity index (χ3n) is 1.19. The van der Waals surface area contributed by atoms with Crippen molar-refractivity contribution < 1.29 is 4.52 Å². The van der Waals surface area contributed by atoms with Crippen LogP contribution < -0.4 is 0 Å². The van der Waals surface area contributed by atoms with Gasteiger partial charge in [0, 0.05) is 0 Å². The van der Waals surface area contributed by atoms with Gasteiger partial charge in [-0.2, -0.15) is 4.98 Å². The Balaban J connectivity index is 2.86. The first-order valence-electron chi connectivity index (χ1n) is 2.73. The Kier molecular flexibility index (Phi) is 1.11. The highest BCUT2D eigenvalue weighted by Gasteiger charge is 1.98. The first-order chi connectivity index (χ1) is 4.86. The third kappa shape index (κ3) is 0.752. The van der Waals surface area contributed by atoms with Crippen LogP contribution >= 0.6 is 11.6 Å². The van der Waals surface area contributed by atoms with Gasteiger partial charge in [-0.1, -0.05) is 16.8 Å². The standard InChI is InChI=1S/C6H3ClN2O/c7-5-2-1-4-3-8-10-6(4)9-5/h1-3H. The van der Waals surface area contributed by atoms with Crippen molar-refractivity contribution in [2.24, 2.45) is 0 Å². The summed E-state index contributed by atoms with van der Waals surface area (Å²) in [5.74, 6) is 0. The van der Waals surface area contributed by atoms with Gasteiger partial charge in [0.15, 0.2) is 0 Å². The average molecular weight is 155 g/mol. The molecule has 0 aliphatic rings. The van der Waals surface area contributed by atoms with E-state index in [1.54, 1.807) is 18.3 Å². The molecule has 0 N–H and O–H groups in total. The molecule has 2 aromatic heterocycles. The quantitative estimate of drug-likeness (QED) is 0.544. The SMILES string of the molecule is Clc1ccc2cnoc2n1. The van der Waals surface area contributed by atoms with Crippen LogP contribution in [0.25, 0.3) is 11.1 Å². The highest BCUT2D eigenvalue weighted by molar-refractivity contribution is 6.29. The van der Waals surface area contributed by atoms with Crippen LogP contribution in [0.5, 0.6) is 0 Å². The zero-order chi connectivity index (χ0) is 6.97. The third-order valence-corrected chi connectivity index (χ3v) is 1.40. The fraction of sp³-hybridized carbons (Fsp3) is 0. The fourth-order valence-corrected chi connectivity index (χ4v) is 0.873. The van der Waals surface area contributed by atoms with Gasteiger partial charge in [0.1, 0.15) is 5.15 Å². The number of pyridine rings is 1. The van der Waals surface area contributed by atoms with Gasteiger partial charge in [-0.25, -0.2) is 0 Å². The van der Waals surface area contributed by atoms with Crippen molar-refractivity contribution in [2.75, 3.05) is 0 Å². The molecule has 0 saturated carbocycles. The van der Waals surface area contributed by atoms with Crippen LogP contribution in [-0.2, 0) is 0 Å². The Hall–Kier alpha value is -1.09. The molecule has 0 bridgehead atoms. The van der Waals surface area contributed by atoms with E-state index in [1.807, 2.05) is 0 Å². The lowest BCUT2D eigenvalue weighted by Crippen LogP contribution is -1.71. The summed E-state index contributed by atoms with van der Waals surface area (Å²) in [6.45, 7) is 0. The van der Waals surface area contributed by atoms with E-state index in [4.69, 9.17) is 16.1 Å². The van der Waals surface area contributed by atoms with Crippen LogP contribution in [0.15, 0.2) is 22.9 Å². The molecule has 2 heterocycles. The second-order valence-corrected chi connectivity index (χ2v) is 2.24. The van der Waals surface area contributed by atoms with Gasteiger partial charge in [-0.3, -0.25) is 0 Å². The number of nitrogens with zero attached hydrogens (tertiary/aromatic N) is 2. The molecule has 0 saturated heterocycles. The van der Waals surface area contributed by atoms with Gasteiger partial charge in [-0.15, -0.1) is 0 Å². The number of rotatable bonds is 0. The van der Waals surface area contributed by atoms with E-state index in [9.17, 15) is 0 Å². The molecule has 0 aliphatic heterocycles. The van der Waals surface area contributed by atoms with Gasteiger partial charge in [0.25, 0.3) is 5.71 Å². The van der Waals surface area contributed by atoms with Crippen LogP contribution in [-0.4, -0.2) is 10.1 Å². The first-order valence-corrected chi connectivity index (χ1v) is 3.11. The molecule has 0 atom stereocenters. The molecule has 0 spiro atoms. The number of hydrogen-bond donors (Lipinski definition) is 0. The van der Waals surface area contributed by atoms with E-state index in [0.29, 0.717) is 10.9 Å². The summed E-state index contributed by atoms with van der Waals surface area (Å²) in [7, 11) is 0. The van der Waals surface area contributed by atoms with Gasteiger partial charge in [0.2, 0.25) is 0 Å². The van der Waals surface area contributed by atoms with Gasteiger partial charge >= 0.3 is 0 Å². The number of halogens is 1. The molecule has 50 valence electrons. The zero-order valence-electron chi connectivity index (χ0n) is 4.91. The van der Waals surface area contributed by atoms with E-state index in [-0.39, 0.29) is 0 Å². The zero-order valence-corrected chi connectivity index (χ0v) is 5.67. The van der Waals surface area contributed by atoms with E-state index < -0.39 is 0 Å². The van der Waals surface area contributed by atoms with Crippen molar-refractivity contribution in [3.63, 3.8) is 0 Å². The van der Waals surface area contributed by atoms with E-state index >= 15 is 0 Å². The Morgan fingerprint density at radius 3 is 3.20 bits per heavy atom. The molecule has 3 nitrogen and oxygen atoms in total. The van der Waals surface area contributed by atoms with E-state index in [0.717, 1.165) is 5.39 Å². The molecule has 0 aliphatic carbocycles. The summed E-state index contributed by atoms with van der Waals surface area (Å²) in [6.07, 6.45) is 1.60. The number of hydrogen-bond acceptors (Lipinski definition) is 3. The molecule has 0 unspecified atom stereocenters. The van der Waals surface area contributed by atoms with E-state index in [1.165, 1.54) is 0 Å². The van der Waals surface area contributed by atoms with Crippen LogP contribution in [0.2, 0.25) is 5.15 Å². The average Bonchev–Trinajstić information content (AvgIpc) is 2.33. The van der Waals surface area contributed by atoms with Gasteiger partial charge < -0.3 is 4.52 Å². The minimum Gasteiger partial charge on any atom is -0.336 e. The lowest BCUT2D eigenvalue weighted by atomic mass is 10.4. The van der Waals surface area contributed by atoms with Gasteiger partial charge in [-0.05, 0) is 12.1 Å². The Bertz CT molecular complexity index is 357. The van der Waals surface area contributed by atoms with Gasteiger partial charge in [0.05, 0.1) is 11.6 Å². The van der Waals surface area contributed by atoms with Crippen molar-refractivity contribution in [1.29, 1.82) is 0 Å². The highest BCUT2D eigenvalue weighted by Crippen LogP contribution is 2.13. The Morgan fingerprint density at radius 1 is 1.40 bits per heavy atom. The molecular weight excluding hydrogens is 152 g/mol. The summed E-state index contributed by atoms with van der Waals surface area (Å²) in [5.41, 5.74) is 0.479. The second kappa shape index (κ2) is 1.95. The monoisotopic (exact) mass is 154 g/mol. The Morgan fingerprint density at radius 2 is 2.30 bits per heavy atom. The van der Waals surface area contributed by atoms with Crippen molar-refractivity contribution in [3.8, 4) is 0 Å². The minimum atomic E-state index is 0.421. The molecule has 2 rings (SSSR count). The van der Waals surface area contributed by atoms with Crippen molar-refractivity contribution in [1.82, 2.24) is 10.1 Å².